The van der Waals surface area contributed by atoms with Gasteiger partial charge < -0.3 is 4.74 Å². The van der Waals surface area contributed by atoms with Crippen LogP contribution in [0.15, 0.2) is 0 Å². The second-order valence-electron chi connectivity index (χ2n) is 0.855. The molecule has 0 bridgehead atoms. The van der Waals surface area contributed by atoms with Crippen molar-refractivity contribution >= 4 is 25.3 Å². The molecule has 0 aromatic rings. The summed E-state index contributed by atoms with van der Waals surface area (Å²) in [5, 5.41) is 0. The second kappa shape index (κ2) is 15.9. The average Bonchev–Trinajstić information content (AvgIpc) is 1.69. The zero-order chi connectivity index (χ0) is 6.12. The van der Waals surface area contributed by atoms with E-state index in [0.29, 0.717) is 0 Å². The molecule has 0 spiro atoms. The van der Waals surface area contributed by atoms with E-state index < -0.39 is 0 Å². The Labute approximate surface area is 56.3 Å². The van der Waals surface area contributed by atoms with E-state index in [0.717, 1.165) is 11.5 Å². The smallest absolute Gasteiger partial charge is 0.0351 e. The summed E-state index contributed by atoms with van der Waals surface area (Å²) in [4.78, 5) is 0. The molecule has 0 aliphatic heterocycles. The van der Waals surface area contributed by atoms with E-state index in [1.165, 1.54) is 0 Å². The van der Waals surface area contributed by atoms with Crippen molar-refractivity contribution in [3.63, 3.8) is 0 Å². The van der Waals surface area contributed by atoms with Crippen LogP contribution in [0.3, 0.4) is 0 Å². The standard InChI is InChI=1S/C2H6O.C2H6S2/c1-3-2;3-1-2-4/h1-2H3;3-4H,1-2H2. The van der Waals surface area contributed by atoms with Crippen molar-refractivity contribution in [3.8, 4) is 0 Å². The van der Waals surface area contributed by atoms with Gasteiger partial charge in [0.05, 0.1) is 0 Å². The third kappa shape index (κ3) is 52.5. The molecule has 46 valence electrons. The maximum absolute atomic E-state index is 4.25. The average molecular weight is 140 g/mol. The minimum absolute atomic E-state index is 0.878. The highest BCUT2D eigenvalue weighted by Crippen LogP contribution is 1.73. The summed E-state index contributed by atoms with van der Waals surface area (Å²) in [6.07, 6.45) is 0. The Hall–Kier alpha value is 0.660. The first kappa shape index (κ1) is 10.6. The highest BCUT2D eigenvalue weighted by atomic mass is 32.1. The lowest BCUT2D eigenvalue weighted by atomic mass is 11.0. The van der Waals surface area contributed by atoms with Crippen LogP contribution in [0.5, 0.6) is 0 Å². The van der Waals surface area contributed by atoms with Gasteiger partial charge in [0.15, 0.2) is 0 Å². The van der Waals surface area contributed by atoms with Gasteiger partial charge in [-0.15, -0.1) is 0 Å². The number of hydrogen-bond acceptors (Lipinski definition) is 3. The van der Waals surface area contributed by atoms with E-state index in [4.69, 9.17) is 0 Å². The minimum Gasteiger partial charge on any atom is -0.388 e. The quantitative estimate of drug-likeness (QED) is 0.519. The summed E-state index contributed by atoms with van der Waals surface area (Å²) in [5.41, 5.74) is 0. The molecule has 0 atom stereocenters. The topological polar surface area (TPSA) is 9.23 Å². The molecule has 0 N–H and O–H groups in total. The molecule has 0 aliphatic rings. The lowest BCUT2D eigenvalue weighted by Crippen LogP contribution is -1.64. The van der Waals surface area contributed by atoms with Crippen LogP contribution in [0.2, 0.25) is 0 Å². The van der Waals surface area contributed by atoms with Gasteiger partial charge in [-0.05, 0) is 11.5 Å². The van der Waals surface area contributed by atoms with E-state index in [-0.39, 0.29) is 0 Å². The summed E-state index contributed by atoms with van der Waals surface area (Å²) < 4.78 is 4.25. The Bertz CT molecular complexity index is 17.2. The molecule has 7 heavy (non-hydrogen) atoms. The van der Waals surface area contributed by atoms with E-state index in [1.54, 1.807) is 14.2 Å². The number of rotatable bonds is 1. The first-order valence-electron chi connectivity index (χ1n) is 1.95. The summed E-state index contributed by atoms with van der Waals surface area (Å²) in [6.45, 7) is 0. The fourth-order valence-electron chi connectivity index (χ4n) is 0. The van der Waals surface area contributed by atoms with Gasteiger partial charge >= 0.3 is 0 Å². The van der Waals surface area contributed by atoms with Crippen molar-refractivity contribution in [2.45, 2.75) is 0 Å². The van der Waals surface area contributed by atoms with Gasteiger partial charge in [-0.2, -0.15) is 25.3 Å². The van der Waals surface area contributed by atoms with Gasteiger partial charge in [0, 0.05) is 14.2 Å². The van der Waals surface area contributed by atoms with Gasteiger partial charge in [0.2, 0.25) is 0 Å². The van der Waals surface area contributed by atoms with Crippen molar-refractivity contribution in [1.82, 2.24) is 0 Å². The van der Waals surface area contributed by atoms with E-state index >= 15 is 0 Å². The van der Waals surface area contributed by atoms with Crippen LogP contribution in [-0.4, -0.2) is 25.7 Å². The van der Waals surface area contributed by atoms with Gasteiger partial charge in [-0.3, -0.25) is 0 Å². The Morgan fingerprint density at radius 2 is 1.29 bits per heavy atom. The summed E-state index contributed by atoms with van der Waals surface area (Å²) in [5.74, 6) is 1.76. The molecular weight excluding hydrogens is 128 g/mol. The highest BCUT2D eigenvalue weighted by molar-refractivity contribution is 7.84. The zero-order valence-corrected chi connectivity index (χ0v) is 6.51. The second-order valence-corrected chi connectivity index (χ2v) is 1.75. The molecule has 0 heterocycles. The molecule has 0 radical (unpaired) electrons. The van der Waals surface area contributed by atoms with Gasteiger partial charge in [0.25, 0.3) is 0 Å². The third-order valence-electron chi connectivity index (χ3n) is 0.1000. The molecule has 0 aromatic carbocycles. The fraction of sp³-hybridized carbons (Fsp3) is 1.00. The van der Waals surface area contributed by atoms with Crippen LogP contribution in [0, 0.1) is 0 Å². The summed E-state index contributed by atoms with van der Waals surface area (Å²) in [7, 11) is 3.25. The molecule has 0 saturated carbocycles. The first-order valence-corrected chi connectivity index (χ1v) is 3.21. The van der Waals surface area contributed by atoms with Crippen LogP contribution < -0.4 is 0 Å². The van der Waals surface area contributed by atoms with Crippen molar-refractivity contribution in [2.24, 2.45) is 0 Å². The number of thiol groups is 2. The fourth-order valence-corrected chi connectivity index (χ4v) is 0. The molecule has 0 aliphatic carbocycles. The summed E-state index contributed by atoms with van der Waals surface area (Å²) in [6, 6.07) is 0. The van der Waals surface area contributed by atoms with Crippen molar-refractivity contribution in [3.05, 3.63) is 0 Å². The van der Waals surface area contributed by atoms with Crippen LogP contribution in [0.25, 0.3) is 0 Å². The molecule has 0 aromatic heterocycles. The highest BCUT2D eigenvalue weighted by Gasteiger charge is 1.57. The van der Waals surface area contributed by atoms with E-state index in [9.17, 15) is 0 Å². The van der Waals surface area contributed by atoms with Crippen molar-refractivity contribution in [1.29, 1.82) is 0 Å². The number of ether oxygens (including phenoxy) is 1. The van der Waals surface area contributed by atoms with Gasteiger partial charge in [-0.25, -0.2) is 0 Å². The molecule has 0 saturated heterocycles. The molecule has 1 nitrogen and oxygen atoms in total. The number of methoxy groups -OCH3 is 1. The lowest BCUT2D eigenvalue weighted by Gasteiger charge is -1.67. The van der Waals surface area contributed by atoms with E-state index in [2.05, 4.69) is 30.0 Å². The maximum atomic E-state index is 4.25. The minimum atomic E-state index is 0.878. The molecule has 0 fully saturated rings. The molecule has 3 heteroatoms. The van der Waals surface area contributed by atoms with Gasteiger partial charge in [0.1, 0.15) is 0 Å². The van der Waals surface area contributed by atoms with Gasteiger partial charge in [-0.1, -0.05) is 0 Å². The monoisotopic (exact) mass is 140 g/mol. The SMILES string of the molecule is COC.SCCS. The molecule has 0 rings (SSSR count). The Morgan fingerprint density at radius 1 is 1.14 bits per heavy atom. The van der Waals surface area contributed by atoms with Crippen molar-refractivity contribution < 1.29 is 4.74 Å². The van der Waals surface area contributed by atoms with Crippen LogP contribution >= 0.6 is 25.3 Å². The predicted molar refractivity (Wildman–Crippen MR) is 40.6 cm³/mol. The molecule has 0 unspecified atom stereocenters. The third-order valence-corrected chi connectivity index (χ3v) is 0.900. The summed E-state index contributed by atoms with van der Waals surface area (Å²) >= 11 is 7.69. The van der Waals surface area contributed by atoms with Crippen LogP contribution in [-0.2, 0) is 4.74 Å². The van der Waals surface area contributed by atoms with Crippen LogP contribution in [0.1, 0.15) is 0 Å². The normalized spacial score (nSPS) is 6.86. The predicted octanol–water partition coefficient (Wildman–Crippen LogP) is 1.11. The van der Waals surface area contributed by atoms with Crippen LogP contribution in [0.4, 0.5) is 0 Å². The Morgan fingerprint density at radius 3 is 1.29 bits per heavy atom. The molecule has 0 amide bonds. The first-order chi connectivity index (χ1) is 3.33. The van der Waals surface area contributed by atoms with E-state index in [1.807, 2.05) is 0 Å². The zero-order valence-electron chi connectivity index (χ0n) is 4.72. The van der Waals surface area contributed by atoms with Crippen molar-refractivity contribution in [2.75, 3.05) is 25.7 Å². The number of hydrogen-bond donors (Lipinski definition) is 2. The Balaban J connectivity index is 0. The molecular formula is C4H12OS2. The Kier molecular flexibility index (Phi) is 24.1. The lowest BCUT2D eigenvalue weighted by molar-refractivity contribution is 0.277. The maximum Gasteiger partial charge on any atom is 0.0351 e. The largest absolute Gasteiger partial charge is 0.388 e.